The van der Waals surface area contributed by atoms with Gasteiger partial charge in [-0.05, 0) is 12.5 Å². The molecular formula is C11H11ClFN3O2S. The summed E-state index contributed by atoms with van der Waals surface area (Å²) in [7, 11) is -3.04. The third kappa shape index (κ3) is 2.06. The van der Waals surface area contributed by atoms with E-state index in [-0.39, 0.29) is 28.5 Å². The van der Waals surface area contributed by atoms with E-state index in [9.17, 15) is 12.8 Å². The first-order valence-electron chi connectivity index (χ1n) is 5.70. The quantitative estimate of drug-likeness (QED) is 0.871. The number of hydrogen-bond donors (Lipinski definition) is 1. The number of hydrogen-bond acceptors (Lipinski definition) is 4. The Morgan fingerprint density at radius 1 is 1.47 bits per heavy atom. The molecule has 1 aromatic heterocycles. The van der Waals surface area contributed by atoms with Crippen molar-refractivity contribution in [3.8, 4) is 0 Å². The summed E-state index contributed by atoms with van der Waals surface area (Å²) in [5.41, 5.74) is 6.75. The van der Waals surface area contributed by atoms with Crippen molar-refractivity contribution in [3.63, 3.8) is 0 Å². The molecule has 0 saturated carbocycles. The van der Waals surface area contributed by atoms with Crippen LogP contribution in [0.4, 0.5) is 10.3 Å². The number of fused-ring (bicyclic) bond motifs is 1. The number of anilines is 1. The van der Waals surface area contributed by atoms with Crippen LogP contribution < -0.4 is 5.73 Å². The first kappa shape index (κ1) is 12.7. The molecule has 8 heteroatoms. The van der Waals surface area contributed by atoms with Crippen LogP contribution in [0.2, 0.25) is 5.02 Å². The Morgan fingerprint density at radius 2 is 2.21 bits per heavy atom. The van der Waals surface area contributed by atoms with E-state index in [1.165, 1.54) is 12.1 Å². The lowest BCUT2D eigenvalue weighted by Crippen LogP contribution is -2.13. The summed E-state index contributed by atoms with van der Waals surface area (Å²) in [6, 6.07) is 2.37. The molecule has 1 aromatic carbocycles. The number of nitrogens with zero attached hydrogens (tertiary/aromatic N) is 2. The Hall–Kier alpha value is -1.34. The highest BCUT2D eigenvalue weighted by Crippen LogP contribution is 2.32. The van der Waals surface area contributed by atoms with Gasteiger partial charge < -0.3 is 10.3 Å². The van der Waals surface area contributed by atoms with Gasteiger partial charge in [0, 0.05) is 6.07 Å². The molecule has 3 rings (SSSR count). The number of aromatic nitrogens is 2. The van der Waals surface area contributed by atoms with Gasteiger partial charge in [0.2, 0.25) is 5.95 Å². The second kappa shape index (κ2) is 4.08. The predicted octanol–water partition coefficient (Wildman–Crippen LogP) is 1.77. The first-order valence-corrected chi connectivity index (χ1v) is 7.90. The van der Waals surface area contributed by atoms with Crippen molar-refractivity contribution < 1.29 is 12.8 Å². The lowest BCUT2D eigenvalue weighted by molar-refractivity contribution is 0.574. The highest BCUT2D eigenvalue weighted by molar-refractivity contribution is 7.91. The van der Waals surface area contributed by atoms with Crippen molar-refractivity contribution in [2.45, 2.75) is 12.5 Å². The Kier molecular flexibility index (Phi) is 2.72. The van der Waals surface area contributed by atoms with E-state index in [4.69, 9.17) is 17.3 Å². The first-order chi connectivity index (χ1) is 8.87. The minimum Gasteiger partial charge on any atom is -0.369 e. The second-order valence-electron chi connectivity index (χ2n) is 4.65. The van der Waals surface area contributed by atoms with E-state index in [0.29, 0.717) is 17.5 Å². The van der Waals surface area contributed by atoms with Gasteiger partial charge in [-0.3, -0.25) is 0 Å². The molecule has 2 N–H and O–H groups in total. The minimum absolute atomic E-state index is 0.0255. The van der Waals surface area contributed by atoms with E-state index in [0.717, 1.165) is 0 Å². The normalized spacial score (nSPS) is 22.1. The molecule has 1 aliphatic rings. The molecule has 2 heterocycles. The number of sulfone groups is 1. The van der Waals surface area contributed by atoms with Crippen molar-refractivity contribution in [2.75, 3.05) is 17.2 Å². The van der Waals surface area contributed by atoms with Crippen LogP contribution in [-0.4, -0.2) is 29.5 Å². The monoisotopic (exact) mass is 303 g/mol. The molecule has 1 atom stereocenters. The summed E-state index contributed by atoms with van der Waals surface area (Å²) in [6.45, 7) is 0. The third-order valence-corrected chi connectivity index (χ3v) is 5.37. The van der Waals surface area contributed by atoms with Gasteiger partial charge in [-0.1, -0.05) is 11.6 Å². The molecule has 1 saturated heterocycles. The number of nitrogen functional groups attached to an aromatic ring is 1. The Balaban J connectivity index is 2.18. The Labute approximate surface area is 114 Å². The maximum absolute atomic E-state index is 13.4. The predicted molar refractivity (Wildman–Crippen MR) is 71.4 cm³/mol. The molecule has 0 aliphatic carbocycles. The van der Waals surface area contributed by atoms with Crippen LogP contribution in [0.15, 0.2) is 12.1 Å². The van der Waals surface area contributed by atoms with E-state index >= 15 is 0 Å². The molecule has 2 aromatic rings. The average molecular weight is 304 g/mol. The number of benzene rings is 1. The lowest BCUT2D eigenvalue weighted by atomic mass is 10.2. The van der Waals surface area contributed by atoms with Crippen LogP contribution in [0.1, 0.15) is 12.5 Å². The lowest BCUT2D eigenvalue weighted by Gasteiger charge is -2.13. The van der Waals surface area contributed by atoms with Gasteiger partial charge in [0.15, 0.2) is 9.84 Å². The molecule has 0 radical (unpaired) electrons. The number of nitrogens with two attached hydrogens (primary N) is 1. The molecular weight excluding hydrogens is 293 g/mol. The zero-order valence-electron chi connectivity index (χ0n) is 9.81. The van der Waals surface area contributed by atoms with Crippen LogP contribution in [0.5, 0.6) is 0 Å². The van der Waals surface area contributed by atoms with Crippen molar-refractivity contribution in [1.29, 1.82) is 0 Å². The summed E-state index contributed by atoms with van der Waals surface area (Å²) in [5, 5.41) is -0.0329. The number of imidazole rings is 1. The van der Waals surface area contributed by atoms with E-state index in [1.54, 1.807) is 4.57 Å². The van der Waals surface area contributed by atoms with Gasteiger partial charge in [-0.2, -0.15) is 0 Å². The molecule has 5 nitrogen and oxygen atoms in total. The van der Waals surface area contributed by atoms with Crippen molar-refractivity contribution in [1.82, 2.24) is 9.55 Å². The zero-order chi connectivity index (χ0) is 13.8. The summed E-state index contributed by atoms with van der Waals surface area (Å²) in [4.78, 5) is 4.05. The van der Waals surface area contributed by atoms with Gasteiger partial charge in [-0.25, -0.2) is 17.8 Å². The SMILES string of the molecule is Nc1nc2cc(F)c(Cl)cc2n1C1CCS(=O)(=O)C1. The molecule has 1 aliphatic heterocycles. The van der Waals surface area contributed by atoms with Gasteiger partial charge in [0.25, 0.3) is 0 Å². The molecule has 1 unspecified atom stereocenters. The maximum Gasteiger partial charge on any atom is 0.201 e. The zero-order valence-corrected chi connectivity index (χ0v) is 11.4. The van der Waals surface area contributed by atoms with Gasteiger partial charge in [-0.15, -0.1) is 0 Å². The fourth-order valence-electron chi connectivity index (χ4n) is 2.47. The smallest absolute Gasteiger partial charge is 0.201 e. The highest BCUT2D eigenvalue weighted by atomic mass is 35.5. The van der Waals surface area contributed by atoms with Crippen molar-refractivity contribution in [3.05, 3.63) is 23.0 Å². The molecule has 19 heavy (non-hydrogen) atoms. The minimum atomic E-state index is -3.04. The number of halogens is 2. The van der Waals surface area contributed by atoms with Gasteiger partial charge in [0.05, 0.1) is 33.6 Å². The topological polar surface area (TPSA) is 78.0 Å². The van der Waals surface area contributed by atoms with Crippen LogP contribution in [-0.2, 0) is 9.84 Å². The standard InChI is InChI=1S/C11H11ClFN3O2S/c12-7-3-10-9(4-8(7)13)15-11(14)16(10)6-1-2-19(17,18)5-6/h3-4,6H,1-2,5H2,(H2,14,15). The third-order valence-electron chi connectivity index (χ3n) is 3.33. The fraction of sp³-hybridized carbons (Fsp3) is 0.364. The molecule has 0 bridgehead atoms. The molecule has 0 amide bonds. The Morgan fingerprint density at radius 3 is 2.84 bits per heavy atom. The molecule has 102 valence electrons. The van der Waals surface area contributed by atoms with Crippen molar-refractivity contribution >= 4 is 38.4 Å². The molecule has 1 fully saturated rings. The fourth-order valence-corrected chi connectivity index (χ4v) is 4.33. The summed E-state index contributed by atoms with van der Waals surface area (Å²) < 4.78 is 38.1. The van der Waals surface area contributed by atoms with E-state index in [1.807, 2.05) is 0 Å². The van der Waals surface area contributed by atoms with Crippen LogP contribution >= 0.6 is 11.6 Å². The summed E-state index contributed by atoms with van der Waals surface area (Å²) >= 11 is 5.76. The number of rotatable bonds is 1. The van der Waals surface area contributed by atoms with E-state index < -0.39 is 15.7 Å². The maximum atomic E-state index is 13.4. The highest BCUT2D eigenvalue weighted by Gasteiger charge is 2.31. The summed E-state index contributed by atoms with van der Waals surface area (Å²) in [6.07, 6.45) is 0.479. The second-order valence-corrected chi connectivity index (χ2v) is 7.29. The van der Waals surface area contributed by atoms with Crippen LogP contribution in [0, 0.1) is 5.82 Å². The summed E-state index contributed by atoms with van der Waals surface area (Å²) in [5.74, 6) is -0.236. The van der Waals surface area contributed by atoms with E-state index in [2.05, 4.69) is 4.98 Å². The Bertz CT molecular complexity index is 772. The largest absolute Gasteiger partial charge is 0.369 e. The van der Waals surface area contributed by atoms with Gasteiger partial charge in [0.1, 0.15) is 5.82 Å². The molecule has 0 spiro atoms. The van der Waals surface area contributed by atoms with Gasteiger partial charge >= 0.3 is 0 Å². The van der Waals surface area contributed by atoms with Crippen LogP contribution in [0.3, 0.4) is 0 Å². The van der Waals surface area contributed by atoms with Crippen LogP contribution in [0.25, 0.3) is 11.0 Å². The van der Waals surface area contributed by atoms with Crippen molar-refractivity contribution in [2.24, 2.45) is 0 Å². The average Bonchev–Trinajstić information content (AvgIpc) is 2.79.